The van der Waals surface area contributed by atoms with Gasteiger partial charge >= 0.3 is 0 Å². The van der Waals surface area contributed by atoms with E-state index in [-0.39, 0.29) is 11.7 Å². The quantitative estimate of drug-likeness (QED) is 0.440. The van der Waals surface area contributed by atoms with Gasteiger partial charge in [-0.3, -0.25) is 0 Å². The first kappa shape index (κ1) is 17.3. The van der Waals surface area contributed by atoms with E-state index in [0.717, 1.165) is 46.9 Å². The van der Waals surface area contributed by atoms with Crippen LogP contribution in [0.15, 0.2) is 79.0 Å². The highest BCUT2D eigenvalue weighted by molar-refractivity contribution is 5.74. The molecule has 0 radical (unpaired) electrons. The summed E-state index contributed by atoms with van der Waals surface area (Å²) in [4.78, 5) is 11.9. The van der Waals surface area contributed by atoms with E-state index in [0.29, 0.717) is 6.42 Å². The topological polar surface area (TPSA) is 29.0 Å². The summed E-state index contributed by atoms with van der Waals surface area (Å²) in [6, 6.07) is 23.8. The Balaban J connectivity index is 1.47. The summed E-state index contributed by atoms with van der Waals surface area (Å²) in [7, 11) is 0. The van der Waals surface area contributed by atoms with Crippen LogP contribution in [0.25, 0.3) is 11.3 Å². The number of hydrogen-bond donors (Lipinski definition) is 0. The van der Waals surface area contributed by atoms with Crippen molar-refractivity contribution in [3.63, 3.8) is 0 Å². The molecule has 0 saturated heterocycles. The summed E-state index contributed by atoms with van der Waals surface area (Å²) in [6.07, 6.45) is 3.63. The van der Waals surface area contributed by atoms with E-state index in [2.05, 4.69) is 41.3 Å². The van der Waals surface area contributed by atoms with Gasteiger partial charge in [0.25, 0.3) is 0 Å². The van der Waals surface area contributed by atoms with Crippen LogP contribution >= 0.6 is 0 Å². The number of anilines is 2. The molecule has 1 aliphatic heterocycles. The highest BCUT2D eigenvalue weighted by atomic mass is 19.1. The normalized spacial score (nSPS) is 16.7. The van der Waals surface area contributed by atoms with Crippen LogP contribution in [0.1, 0.15) is 28.2 Å². The molecule has 30 heavy (non-hydrogen) atoms. The first-order valence-electron chi connectivity index (χ1n) is 10.3. The zero-order chi connectivity index (χ0) is 20.1. The van der Waals surface area contributed by atoms with Crippen LogP contribution in [0.4, 0.5) is 16.0 Å². The second-order valence-corrected chi connectivity index (χ2v) is 7.94. The molecule has 1 aromatic heterocycles. The number of para-hydroxylation sites is 1. The lowest BCUT2D eigenvalue weighted by atomic mass is 9.78. The Labute approximate surface area is 174 Å². The lowest BCUT2D eigenvalue weighted by molar-refractivity contribution is 0.593. The molecule has 0 amide bonds. The van der Waals surface area contributed by atoms with Gasteiger partial charge in [0.1, 0.15) is 5.82 Å². The van der Waals surface area contributed by atoms with Gasteiger partial charge in [0, 0.05) is 29.9 Å². The van der Waals surface area contributed by atoms with Gasteiger partial charge < -0.3 is 4.90 Å². The van der Waals surface area contributed by atoms with Crippen LogP contribution in [-0.2, 0) is 12.8 Å². The second kappa shape index (κ2) is 6.77. The second-order valence-electron chi connectivity index (χ2n) is 7.94. The van der Waals surface area contributed by atoms with Gasteiger partial charge in [-0.2, -0.15) is 0 Å². The zero-order valence-electron chi connectivity index (χ0n) is 16.4. The predicted molar refractivity (Wildman–Crippen MR) is 117 cm³/mol. The van der Waals surface area contributed by atoms with Crippen molar-refractivity contribution in [1.82, 2.24) is 9.97 Å². The van der Waals surface area contributed by atoms with E-state index in [1.807, 2.05) is 30.5 Å². The molecule has 3 aromatic carbocycles. The number of rotatable bonds is 2. The number of nitrogens with zero attached hydrogens (tertiary/aromatic N) is 3. The predicted octanol–water partition coefficient (Wildman–Crippen LogP) is 5.66. The van der Waals surface area contributed by atoms with Gasteiger partial charge in [-0.05, 0) is 47.2 Å². The van der Waals surface area contributed by atoms with E-state index in [4.69, 9.17) is 9.97 Å². The number of aromatic nitrogens is 2. The molecule has 0 fully saturated rings. The molecule has 6 rings (SSSR count). The highest BCUT2D eigenvalue weighted by Crippen LogP contribution is 2.43. The van der Waals surface area contributed by atoms with E-state index >= 15 is 0 Å². The van der Waals surface area contributed by atoms with Gasteiger partial charge in [0.2, 0.25) is 5.95 Å². The van der Waals surface area contributed by atoms with Crippen LogP contribution in [0.2, 0.25) is 0 Å². The van der Waals surface area contributed by atoms with Gasteiger partial charge in [0.05, 0.1) is 5.69 Å². The van der Waals surface area contributed by atoms with E-state index in [1.54, 1.807) is 6.07 Å². The van der Waals surface area contributed by atoms with Crippen molar-refractivity contribution >= 4 is 11.6 Å². The van der Waals surface area contributed by atoms with E-state index < -0.39 is 0 Å². The van der Waals surface area contributed by atoms with E-state index in [9.17, 15) is 4.39 Å². The molecule has 0 bridgehead atoms. The fraction of sp³-hybridized carbons (Fsp3) is 0.154. The molecule has 0 saturated carbocycles. The third-order valence-electron chi connectivity index (χ3n) is 6.28. The maximum atomic E-state index is 14.6. The molecule has 0 spiro atoms. The summed E-state index contributed by atoms with van der Waals surface area (Å²) >= 11 is 0. The van der Waals surface area contributed by atoms with Crippen LogP contribution < -0.4 is 4.90 Å². The van der Waals surface area contributed by atoms with Crippen LogP contribution in [0, 0.1) is 5.82 Å². The Morgan fingerprint density at radius 2 is 1.60 bits per heavy atom. The molecule has 3 nitrogen and oxygen atoms in total. The highest BCUT2D eigenvalue weighted by Gasteiger charge is 2.30. The molecule has 146 valence electrons. The summed E-state index contributed by atoms with van der Waals surface area (Å²) in [5.74, 6) is 0.543. The fourth-order valence-electron chi connectivity index (χ4n) is 4.84. The van der Waals surface area contributed by atoms with Crippen LogP contribution in [0.5, 0.6) is 0 Å². The average Bonchev–Trinajstić information content (AvgIpc) is 3.23. The average molecular weight is 393 g/mol. The molecule has 4 aromatic rings. The van der Waals surface area contributed by atoms with Gasteiger partial charge in [-0.15, -0.1) is 0 Å². The third-order valence-corrected chi connectivity index (χ3v) is 6.28. The van der Waals surface area contributed by atoms with Gasteiger partial charge in [-0.25, -0.2) is 14.4 Å². The molecule has 1 atom stereocenters. The summed E-state index contributed by atoms with van der Waals surface area (Å²) in [5, 5.41) is 0. The largest absolute Gasteiger partial charge is 0.310 e. The lowest BCUT2D eigenvalue weighted by Crippen LogP contribution is -2.20. The lowest BCUT2D eigenvalue weighted by Gasteiger charge is -2.28. The molecular formula is C26H20FN3. The molecule has 0 N–H and O–H groups in total. The van der Waals surface area contributed by atoms with Crippen molar-refractivity contribution in [3.8, 4) is 11.3 Å². The summed E-state index contributed by atoms with van der Waals surface area (Å²) < 4.78 is 14.6. The molecular weight excluding hydrogens is 373 g/mol. The Hall–Kier alpha value is -3.53. The first-order chi connectivity index (χ1) is 14.8. The minimum absolute atomic E-state index is 0.0307. The number of benzene rings is 3. The Kier molecular flexibility index (Phi) is 3.91. The minimum atomic E-state index is -0.160. The smallest absolute Gasteiger partial charge is 0.230 e. The number of halogens is 1. The van der Waals surface area contributed by atoms with Crippen molar-refractivity contribution in [2.45, 2.75) is 18.8 Å². The molecule has 0 unspecified atom stereocenters. The summed E-state index contributed by atoms with van der Waals surface area (Å²) in [5.41, 5.74) is 7.48. The van der Waals surface area contributed by atoms with Crippen molar-refractivity contribution in [1.29, 1.82) is 0 Å². The van der Waals surface area contributed by atoms with E-state index in [1.165, 1.54) is 17.3 Å². The Bertz CT molecular complexity index is 1270. The summed E-state index contributed by atoms with van der Waals surface area (Å²) in [6.45, 7) is 0.887. The first-order valence-corrected chi connectivity index (χ1v) is 10.3. The molecule has 4 heteroatoms. The minimum Gasteiger partial charge on any atom is -0.310 e. The van der Waals surface area contributed by atoms with Crippen molar-refractivity contribution in [2.24, 2.45) is 0 Å². The maximum Gasteiger partial charge on any atom is 0.230 e. The standard InChI is InChI=1S/C26H20FN3/c27-23-11-5-4-9-20(23)22-15-18-16-28-26(29-25(18)21-10-3-2-8-19(21)22)30-14-13-17-7-1-6-12-24(17)30/h1-12,16,22H,13-15H2/t22-/m1/s1. The fourth-order valence-corrected chi connectivity index (χ4v) is 4.84. The Morgan fingerprint density at radius 1 is 0.833 bits per heavy atom. The number of hydrogen-bond acceptors (Lipinski definition) is 3. The van der Waals surface area contributed by atoms with Crippen molar-refractivity contribution < 1.29 is 4.39 Å². The van der Waals surface area contributed by atoms with Gasteiger partial charge in [0.15, 0.2) is 0 Å². The molecule has 2 heterocycles. The third kappa shape index (κ3) is 2.64. The number of fused-ring (bicyclic) bond motifs is 4. The molecule has 2 aliphatic rings. The zero-order valence-corrected chi connectivity index (χ0v) is 16.4. The SMILES string of the molecule is Fc1ccccc1[C@@H]1Cc2cnc(N3CCc4ccccc43)nc2-c2ccccc21. The monoisotopic (exact) mass is 393 g/mol. The van der Waals surface area contributed by atoms with Crippen LogP contribution in [0.3, 0.4) is 0 Å². The van der Waals surface area contributed by atoms with Crippen LogP contribution in [-0.4, -0.2) is 16.5 Å². The molecule has 1 aliphatic carbocycles. The van der Waals surface area contributed by atoms with Gasteiger partial charge in [-0.1, -0.05) is 60.7 Å². The van der Waals surface area contributed by atoms with Crippen molar-refractivity contribution in [3.05, 3.63) is 107 Å². The Morgan fingerprint density at radius 3 is 2.50 bits per heavy atom. The maximum absolute atomic E-state index is 14.6. The van der Waals surface area contributed by atoms with Crippen molar-refractivity contribution in [2.75, 3.05) is 11.4 Å².